The first kappa shape index (κ1) is 21.6. The summed E-state index contributed by atoms with van der Waals surface area (Å²) in [6.07, 6.45) is 0. The number of ether oxygens (including phenoxy) is 1. The standard InChI is InChI=1S/C25H20N4O4S/c1-15(29-19-9-5-6-10-20(19)33-14-22(29)30)23(31)26-17-11-12-18-21(13-17)34-25(27-18)28-24(32)16-7-3-2-4-8-16/h2-13,15H,14H2,1H3,(H,26,31)(H,27,28,32). The maximum absolute atomic E-state index is 13.0. The normalized spacial score (nSPS) is 13.7. The number of fused-ring (bicyclic) bond motifs is 2. The van der Waals surface area contributed by atoms with Crippen molar-refractivity contribution in [2.24, 2.45) is 0 Å². The van der Waals surface area contributed by atoms with Gasteiger partial charge in [-0.15, -0.1) is 0 Å². The average Bonchev–Trinajstić information content (AvgIpc) is 3.25. The van der Waals surface area contributed by atoms with Crippen LogP contribution in [-0.4, -0.2) is 35.4 Å². The fraction of sp³-hybridized carbons (Fsp3) is 0.120. The second-order valence-corrected chi connectivity index (χ2v) is 8.74. The van der Waals surface area contributed by atoms with Crippen molar-refractivity contribution >= 4 is 55.8 Å². The van der Waals surface area contributed by atoms with E-state index in [0.717, 1.165) is 4.70 Å². The van der Waals surface area contributed by atoms with Crippen molar-refractivity contribution in [1.82, 2.24) is 4.98 Å². The number of thiazole rings is 1. The number of carbonyl (C=O) groups is 3. The molecule has 2 heterocycles. The van der Waals surface area contributed by atoms with Crippen LogP contribution in [-0.2, 0) is 9.59 Å². The third-order valence-corrected chi connectivity index (χ3v) is 6.36. The van der Waals surface area contributed by atoms with Gasteiger partial charge in [0.1, 0.15) is 11.8 Å². The lowest BCUT2D eigenvalue weighted by molar-refractivity contribution is -0.125. The number of aromatic nitrogens is 1. The van der Waals surface area contributed by atoms with E-state index in [2.05, 4.69) is 15.6 Å². The molecule has 0 radical (unpaired) electrons. The summed E-state index contributed by atoms with van der Waals surface area (Å²) in [5.74, 6) is -0.278. The van der Waals surface area contributed by atoms with Crippen LogP contribution < -0.4 is 20.3 Å². The van der Waals surface area contributed by atoms with Gasteiger partial charge in [0, 0.05) is 11.3 Å². The Morgan fingerprint density at radius 1 is 1.03 bits per heavy atom. The Labute approximate surface area is 199 Å². The molecule has 0 aliphatic carbocycles. The molecule has 4 aromatic rings. The van der Waals surface area contributed by atoms with E-state index in [4.69, 9.17) is 4.74 Å². The number of nitrogens with one attached hydrogen (secondary N) is 2. The third-order valence-electron chi connectivity index (χ3n) is 5.42. The second-order valence-electron chi connectivity index (χ2n) is 7.71. The highest BCUT2D eigenvalue weighted by Gasteiger charge is 2.32. The third kappa shape index (κ3) is 4.20. The lowest BCUT2D eigenvalue weighted by atomic mass is 10.1. The predicted molar refractivity (Wildman–Crippen MR) is 132 cm³/mol. The van der Waals surface area contributed by atoms with Crippen LogP contribution in [0.3, 0.4) is 0 Å². The summed E-state index contributed by atoms with van der Waals surface area (Å²) in [6.45, 7) is 1.57. The number of anilines is 3. The van der Waals surface area contributed by atoms with Gasteiger partial charge in [0.15, 0.2) is 11.7 Å². The molecule has 0 spiro atoms. The average molecular weight is 473 g/mol. The number of amides is 3. The van der Waals surface area contributed by atoms with Crippen LogP contribution in [0.25, 0.3) is 10.2 Å². The number of para-hydroxylation sites is 2. The minimum Gasteiger partial charge on any atom is -0.482 e. The topological polar surface area (TPSA) is 101 Å². The van der Waals surface area contributed by atoms with E-state index in [0.29, 0.717) is 33.3 Å². The molecule has 0 saturated heterocycles. The summed E-state index contributed by atoms with van der Waals surface area (Å²) in [5, 5.41) is 6.15. The highest BCUT2D eigenvalue weighted by Crippen LogP contribution is 2.33. The van der Waals surface area contributed by atoms with Crippen molar-refractivity contribution in [2.45, 2.75) is 13.0 Å². The SMILES string of the molecule is CC(C(=O)Nc1ccc2nc(NC(=O)c3ccccc3)sc2c1)N1C(=O)COc2ccccc21. The van der Waals surface area contributed by atoms with Gasteiger partial charge in [0.05, 0.1) is 15.9 Å². The van der Waals surface area contributed by atoms with Crippen LogP contribution in [0.5, 0.6) is 5.75 Å². The first-order valence-electron chi connectivity index (χ1n) is 10.6. The van der Waals surface area contributed by atoms with E-state index in [1.165, 1.54) is 16.2 Å². The molecule has 0 fully saturated rings. The Balaban J connectivity index is 1.31. The summed E-state index contributed by atoms with van der Waals surface area (Å²) in [5.41, 5.74) is 2.39. The molecule has 1 atom stereocenters. The van der Waals surface area contributed by atoms with Gasteiger partial charge in [0.25, 0.3) is 11.8 Å². The maximum Gasteiger partial charge on any atom is 0.265 e. The minimum atomic E-state index is -0.740. The summed E-state index contributed by atoms with van der Waals surface area (Å²) in [6, 6.07) is 20.6. The van der Waals surface area contributed by atoms with Gasteiger partial charge in [-0.3, -0.25) is 24.6 Å². The van der Waals surface area contributed by atoms with Crippen molar-refractivity contribution in [2.75, 3.05) is 22.1 Å². The molecule has 3 amide bonds. The molecule has 9 heteroatoms. The van der Waals surface area contributed by atoms with Crippen LogP contribution in [0.2, 0.25) is 0 Å². The molecule has 8 nitrogen and oxygen atoms in total. The first-order chi connectivity index (χ1) is 16.5. The molecule has 170 valence electrons. The summed E-state index contributed by atoms with van der Waals surface area (Å²) in [4.78, 5) is 43.8. The van der Waals surface area contributed by atoms with Crippen molar-refractivity contribution in [3.8, 4) is 5.75 Å². The van der Waals surface area contributed by atoms with Gasteiger partial charge in [-0.1, -0.05) is 41.7 Å². The zero-order valence-corrected chi connectivity index (χ0v) is 19.0. The zero-order chi connectivity index (χ0) is 23.7. The fourth-order valence-electron chi connectivity index (χ4n) is 3.72. The molecule has 5 rings (SSSR count). The molecule has 0 saturated carbocycles. The van der Waals surface area contributed by atoms with Crippen molar-refractivity contribution in [3.05, 3.63) is 78.4 Å². The Bertz CT molecular complexity index is 1400. The van der Waals surface area contributed by atoms with Crippen LogP contribution in [0, 0.1) is 0 Å². The van der Waals surface area contributed by atoms with Gasteiger partial charge >= 0.3 is 0 Å². The number of benzene rings is 3. The minimum absolute atomic E-state index is 0.112. The number of hydrogen-bond acceptors (Lipinski definition) is 6. The quantitative estimate of drug-likeness (QED) is 0.451. The molecular weight excluding hydrogens is 452 g/mol. The molecule has 3 aromatic carbocycles. The van der Waals surface area contributed by atoms with Gasteiger partial charge in [-0.25, -0.2) is 4.98 Å². The molecule has 1 aromatic heterocycles. The zero-order valence-electron chi connectivity index (χ0n) is 18.1. The lowest BCUT2D eigenvalue weighted by Crippen LogP contribution is -2.49. The molecule has 2 N–H and O–H groups in total. The highest BCUT2D eigenvalue weighted by atomic mass is 32.1. The summed E-state index contributed by atoms with van der Waals surface area (Å²) >= 11 is 1.31. The van der Waals surface area contributed by atoms with Crippen LogP contribution in [0.1, 0.15) is 17.3 Å². The smallest absolute Gasteiger partial charge is 0.265 e. The number of nitrogens with zero attached hydrogens (tertiary/aromatic N) is 2. The predicted octanol–water partition coefficient (Wildman–Crippen LogP) is 4.30. The van der Waals surface area contributed by atoms with E-state index < -0.39 is 6.04 Å². The number of carbonyl (C=O) groups excluding carboxylic acids is 3. The first-order valence-corrected chi connectivity index (χ1v) is 11.4. The van der Waals surface area contributed by atoms with Crippen molar-refractivity contribution < 1.29 is 19.1 Å². The summed E-state index contributed by atoms with van der Waals surface area (Å²) in [7, 11) is 0. The largest absolute Gasteiger partial charge is 0.482 e. The molecule has 34 heavy (non-hydrogen) atoms. The Hall–Kier alpha value is -4.24. The molecular formula is C25H20N4O4S. The second kappa shape index (κ2) is 8.95. The Kier molecular flexibility index (Phi) is 5.69. The van der Waals surface area contributed by atoms with Crippen LogP contribution in [0.15, 0.2) is 72.8 Å². The molecule has 1 aliphatic rings. The Morgan fingerprint density at radius 2 is 1.79 bits per heavy atom. The molecule has 1 unspecified atom stereocenters. The number of rotatable bonds is 5. The van der Waals surface area contributed by atoms with Gasteiger partial charge < -0.3 is 10.1 Å². The summed E-state index contributed by atoms with van der Waals surface area (Å²) < 4.78 is 6.27. The lowest BCUT2D eigenvalue weighted by Gasteiger charge is -2.33. The van der Waals surface area contributed by atoms with Gasteiger partial charge in [0.2, 0.25) is 5.91 Å². The molecule has 1 aliphatic heterocycles. The van der Waals surface area contributed by atoms with E-state index in [-0.39, 0.29) is 24.3 Å². The van der Waals surface area contributed by atoms with E-state index in [1.54, 1.807) is 67.6 Å². The van der Waals surface area contributed by atoms with Crippen LogP contribution >= 0.6 is 11.3 Å². The molecule has 0 bridgehead atoms. The number of hydrogen-bond donors (Lipinski definition) is 2. The maximum atomic E-state index is 13.0. The highest BCUT2D eigenvalue weighted by molar-refractivity contribution is 7.22. The fourth-order valence-corrected chi connectivity index (χ4v) is 4.63. The van der Waals surface area contributed by atoms with Crippen LogP contribution in [0.4, 0.5) is 16.5 Å². The van der Waals surface area contributed by atoms with E-state index in [9.17, 15) is 14.4 Å². The van der Waals surface area contributed by atoms with E-state index >= 15 is 0 Å². The van der Waals surface area contributed by atoms with E-state index in [1.807, 2.05) is 12.1 Å². The van der Waals surface area contributed by atoms with Gasteiger partial charge in [-0.2, -0.15) is 0 Å². The Morgan fingerprint density at radius 3 is 2.62 bits per heavy atom. The van der Waals surface area contributed by atoms with Crippen molar-refractivity contribution in [3.63, 3.8) is 0 Å². The van der Waals surface area contributed by atoms with Gasteiger partial charge in [-0.05, 0) is 49.4 Å². The monoisotopic (exact) mass is 472 g/mol. The van der Waals surface area contributed by atoms with Crippen molar-refractivity contribution in [1.29, 1.82) is 0 Å².